The number of ether oxygens (including phenoxy) is 1. The molecule has 0 atom stereocenters. The van der Waals surface area contributed by atoms with Crippen LogP contribution in [0.2, 0.25) is 0 Å². The van der Waals surface area contributed by atoms with Crippen LogP contribution in [0.1, 0.15) is 39.2 Å². The van der Waals surface area contributed by atoms with Gasteiger partial charge < -0.3 is 20.4 Å². The minimum atomic E-state index is 0.0976. The molecule has 1 aliphatic rings. The number of hydrogen-bond acceptors (Lipinski definition) is 7. The van der Waals surface area contributed by atoms with Crippen molar-refractivity contribution in [2.24, 2.45) is 0 Å². The van der Waals surface area contributed by atoms with E-state index in [0.717, 1.165) is 60.4 Å². The maximum absolute atomic E-state index is 6.09. The van der Waals surface area contributed by atoms with Gasteiger partial charge in [-0.3, -0.25) is 0 Å². The van der Waals surface area contributed by atoms with Gasteiger partial charge in [0.15, 0.2) is 22.1 Å². The summed E-state index contributed by atoms with van der Waals surface area (Å²) in [6.07, 6.45) is 4.62. The minimum absolute atomic E-state index is 0.0976. The van der Waals surface area contributed by atoms with Gasteiger partial charge >= 0.3 is 0 Å². The van der Waals surface area contributed by atoms with E-state index in [1.54, 1.807) is 11.8 Å². The number of anilines is 1. The molecule has 30 heavy (non-hydrogen) atoms. The predicted molar refractivity (Wildman–Crippen MR) is 129 cm³/mol. The van der Waals surface area contributed by atoms with E-state index < -0.39 is 0 Å². The van der Waals surface area contributed by atoms with Crippen molar-refractivity contribution in [3.05, 3.63) is 27.6 Å². The van der Waals surface area contributed by atoms with Crippen molar-refractivity contribution in [2.75, 3.05) is 18.9 Å². The number of rotatable bonds is 6. The summed E-state index contributed by atoms with van der Waals surface area (Å²) in [4.78, 5) is 14.5. The Hall–Kier alpha value is -1.59. The molecule has 7 nitrogen and oxygen atoms in total. The molecule has 0 bridgehead atoms. The maximum Gasteiger partial charge on any atom is 0.175 e. The topological polar surface area (TPSA) is 90.9 Å². The van der Waals surface area contributed by atoms with Crippen molar-refractivity contribution >= 4 is 51.3 Å². The lowest BCUT2D eigenvalue weighted by Gasteiger charge is -2.20. The molecular weight excluding hydrogens is 511 g/mol. The molecule has 3 N–H and O–H groups in total. The second-order valence-corrected chi connectivity index (χ2v) is 10.6. The van der Waals surface area contributed by atoms with Crippen LogP contribution in [-0.2, 0) is 13.0 Å². The zero-order valence-corrected chi connectivity index (χ0v) is 20.5. The second-order valence-electron chi connectivity index (χ2n) is 8.45. The summed E-state index contributed by atoms with van der Waals surface area (Å²) in [5.74, 6) is 1.40. The van der Waals surface area contributed by atoms with Gasteiger partial charge in [-0.05, 0) is 86.9 Å². The lowest BCUT2D eigenvalue weighted by molar-refractivity contribution is 0.287. The molecule has 0 unspecified atom stereocenters. The molecule has 0 aliphatic carbocycles. The molecule has 0 spiro atoms. The summed E-state index contributed by atoms with van der Waals surface area (Å²) in [5, 5.41) is 4.42. The van der Waals surface area contributed by atoms with E-state index in [0.29, 0.717) is 11.3 Å². The van der Waals surface area contributed by atoms with Crippen LogP contribution in [-0.4, -0.2) is 38.2 Å². The molecule has 2 aromatic heterocycles. The number of nitrogens with zero attached hydrogens (tertiary/aromatic N) is 4. The highest BCUT2D eigenvalue weighted by atomic mass is 127. The Morgan fingerprint density at radius 3 is 2.93 bits per heavy atom. The summed E-state index contributed by atoms with van der Waals surface area (Å²) < 4.78 is 9.24. The Balaban J connectivity index is 1.64. The van der Waals surface area contributed by atoms with Crippen LogP contribution < -0.4 is 15.8 Å². The van der Waals surface area contributed by atoms with Gasteiger partial charge in [0.05, 0.1) is 6.61 Å². The number of nitrogens with two attached hydrogens (primary N) is 1. The van der Waals surface area contributed by atoms with E-state index >= 15 is 0 Å². The number of imidazole rings is 1. The molecule has 0 fully saturated rings. The van der Waals surface area contributed by atoms with Crippen LogP contribution >= 0.6 is 34.4 Å². The zero-order chi connectivity index (χ0) is 21.3. The first-order valence-corrected chi connectivity index (χ1v) is 12.1. The number of benzene rings is 1. The standard InChI is InChI=1S/C21H27IN6OS/c1-21(2,3)26-7-5-8-28-19-17(18(23)24-12-25-19)27-20(28)30-16-11-15-13(10-14(16)22)6-4-9-29-15/h10-12,26H,4-9H2,1-3H3,(H2,23,24,25). The molecule has 0 saturated carbocycles. The normalized spacial score (nSPS) is 14.0. The summed E-state index contributed by atoms with van der Waals surface area (Å²) in [6.45, 7) is 9.02. The number of hydrogen-bond donors (Lipinski definition) is 2. The molecule has 4 rings (SSSR count). The third-order valence-electron chi connectivity index (χ3n) is 4.90. The molecule has 3 heterocycles. The maximum atomic E-state index is 6.09. The molecule has 1 aromatic carbocycles. The molecule has 3 aromatic rings. The van der Waals surface area contributed by atoms with E-state index in [2.05, 4.69) is 75.3 Å². The SMILES string of the molecule is CC(C)(C)NCCCn1c(Sc2cc3c(cc2I)CCCO3)nc2c(N)ncnc21. The van der Waals surface area contributed by atoms with Crippen LogP contribution in [0.15, 0.2) is 28.5 Å². The average Bonchev–Trinajstić information content (AvgIpc) is 3.04. The summed E-state index contributed by atoms with van der Waals surface area (Å²) >= 11 is 4.03. The monoisotopic (exact) mass is 538 g/mol. The van der Waals surface area contributed by atoms with Crippen molar-refractivity contribution in [1.29, 1.82) is 0 Å². The third kappa shape index (κ3) is 4.83. The highest BCUT2D eigenvalue weighted by Gasteiger charge is 2.19. The Morgan fingerprint density at radius 2 is 2.13 bits per heavy atom. The van der Waals surface area contributed by atoms with Gasteiger partial charge in [-0.25, -0.2) is 15.0 Å². The Morgan fingerprint density at radius 1 is 1.30 bits per heavy atom. The molecule has 0 saturated heterocycles. The molecule has 1 aliphatic heterocycles. The summed E-state index contributed by atoms with van der Waals surface area (Å²) in [7, 11) is 0. The molecule has 9 heteroatoms. The minimum Gasteiger partial charge on any atom is -0.493 e. The van der Waals surface area contributed by atoms with E-state index in [4.69, 9.17) is 15.5 Å². The van der Waals surface area contributed by atoms with Crippen molar-refractivity contribution < 1.29 is 4.74 Å². The van der Waals surface area contributed by atoms with Crippen molar-refractivity contribution in [3.8, 4) is 5.75 Å². The van der Waals surface area contributed by atoms with Crippen molar-refractivity contribution in [1.82, 2.24) is 24.8 Å². The first-order chi connectivity index (χ1) is 14.3. The second kappa shape index (κ2) is 8.88. The fraction of sp³-hybridized carbons (Fsp3) is 0.476. The van der Waals surface area contributed by atoms with Gasteiger partial charge in [-0.1, -0.05) is 11.8 Å². The van der Waals surface area contributed by atoms with Gasteiger partial charge in [-0.15, -0.1) is 0 Å². The average molecular weight is 538 g/mol. The Kier molecular flexibility index (Phi) is 6.40. The smallest absolute Gasteiger partial charge is 0.175 e. The number of aromatic nitrogens is 4. The molecule has 160 valence electrons. The van der Waals surface area contributed by atoms with E-state index in [1.807, 2.05) is 0 Å². The third-order valence-corrected chi connectivity index (χ3v) is 7.21. The van der Waals surface area contributed by atoms with Crippen LogP contribution in [0.4, 0.5) is 5.82 Å². The highest BCUT2D eigenvalue weighted by Crippen LogP contribution is 2.38. The molecule has 0 amide bonds. The quantitative estimate of drug-likeness (QED) is 0.358. The van der Waals surface area contributed by atoms with Gasteiger partial charge in [0.2, 0.25) is 0 Å². The largest absolute Gasteiger partial charge is 0.493 e. The van der Waals surface area contributed by atoms with E-state index in [1.165, 1.54) is 15.5 Å². The van der Waals surface area contributed by atoms with Gasteiger partial charge in [0.1, 0.15) is 12.1 Å². The number of aryl methyl sites for hydroxylation is 2. The van der Waals surface area contributed by atoms with Crippen LogP contribution in [0.3, 0.4) is 0 Å². The summed E-state index contributed by atoms with van der Waals surface area (Å²) in [5.41, 5.74) is 8.92. The highest BCUT2D eigenvalue weighted by molar-refractivity contribution is 14.1. The molecular formula is C21H27IN6OS. The first kappa shape index (κ1) is 21.6. The molecule has 0 radical (unpaired) electrons. The van der Waals surface area contributed by atoms with Gasteiger partial charge in [0, 0.05) is 20.5 Å². The first-order valence-electron chi connectivity index (χ1n) is 10.2. The van der Waals surface area contributed by atoms with Crippen molar-refractivity contribution in [2.45, 2.75) is 62.2 Å². The zero-order valence-electron chi connectivity index (χ0n) is 17.5. The Labute approximate surface area is 194 Å². The van der Waals surface area contributed by atoms with Crippen LogP contribution in [0.5, 0.6) is 5.75 Å². The number of halogens is 1. The number of nitrogens with one attached hydrogen (secondary N) is 1. The van der Waals surface area contributed by atoms with Crippen LogP contribution in [0, 0.1) is 3.57 Å². The lowest BCUT2D eigenvalue weighted by atomic mass is 10.1. The number of nitrogen functional groups attached to an aromatic ring is 1. The van der Waals surface area contributed by atoms with Gasteiger partial charge in [-0.2, -0.15) is 0 Å². The fourth-order valence-electron chi connectivity index (χ4n) is 3.44. The van der Waals surface area contributed by atoms with Crippen LogP contribution in [0.25, 0.3) is 11.2 Å². The number of fused-ring (bicyclic) bond motifs is 2. The Bertz CT molecular complexity index is 1060. The predicted octanol–water partition coefficient (Wildman–Crippen LogP) is 4.27. The lowest BCUT2D eigenvalue weighted by Crippen LogP contribution is -2.36. The van der Waals surface area contributed by atoms with Gasteiger partial charge in [0.25, 0.3) is 0 Å². The summed E-state index contributed by atoms with van der Waals surface area (Å²) in [6, 6.07) is 4.37. The van der Waals surface area contributed by atoms with E-state index in [9.17, 15) is 0 Å². The van der Waals surface area contributed by atoms with Crippen molar-refractivity contribution in [3.63, 3.8) is 0 Å². The van der Waals surface area contributed by atoms with E-state index in [-0.39, 0.29) is 5.54 Å². The fourth-order valence-corrected chi connectivity index (χ4v) is 5.25.